The average Bonchev–Trinajstić information content (AvgIpc) is 2.66. The lowest BCUT2D eigenvalue weighted by molar-refractivity contribution is -0.274. The predicted molar refractivity (Wildman–Crippen MR) is 103 cm³/mol. The van der Waals surface area contributed by atoms with Gasteiger partial charge in [-0.1, -0.05) is 56.2 Å². The fourth-order valence-electron chi connectivity index (χ4n) is 2.73. The van der Waals surface area contributed by atoms with Crippen LogP contribution in [0.4, 0.5) is 13.2 Å². The minimum atomic E-state index is -4.70. The second-order valence-electron chi connectivity index (χ2n) is 6.56. The number of alkyl halides is 3. The highest BCUT2D eigenvalue weighted by molar-refractivity contribution is 5.81. The fraction of sp³-hybridized carbons (Fsp3) is 0.381. The molecule has 4 nitrogen and oxygen atoms in total. The van der Waals surface area contributed by atoms with Gasteiger partial charge in [0.25, 0.3) is 0 Å². The Labute approximate surface area is 162 Å². The van der Waals surface area contributed by atoms with Crippen molar-refractivity contribution in [3.05, 3.63) is 54.1 Å². The molecule has 7 heteroatoms. The SMILES string of the molecule is CCCCC(N)C(=O)NCCc1ccc(-c2ccc(OC(F)(F)F)cc2)cc1. The molecule has 0 fully saturated rings. The zero-order chi connectivity index (χ0) is 20.6. The van der Waals surface area contributed by atoms with Crippen molar-refractivity contribution in [2.75, 3.05) is 6.54 Å². The van der Waals surface area contributed by atoms with Crippen LogP contribution in [0.5, 0.6) is 5.75 Å². The summed E-state index contributed by atoms with van der Waals surface area (Å²) in [7, 11) is 0. The van der Waals surface area contributed by atoms with Gasteiger partial charge < -0.3 is 15.8 Å². The van der Waals surface area contributed by atoms with Crippen molar-refractivity contribution >= 4 is 5.91 Å². The molecule has 0 saturated carbocycles. The van der Waals surface area contributed by atoms with Crippen molar-refractivity contribution in [3.63, 3.8) is 0 Å². The number of carbonyl (C=O) groups is 1. The highest BCUT2D eigenvalue weighted by Crippen LogP contribution is 2.26. The number of hydrogen-bond donors (Lipinski definition) is 2. The third kappa shape index (κ3) is 7.23. The summed E-state index contributed by atoms with van der Waals surface area (Å²) in [5, 5.41) is 2.84. The number of ether oxygens (including phenoxy) is 1. The van der Waals surface area contributed by atoms with Gasteiger partial charge in [0, 0.05) is 6.54 Å². The zero-order valence-corrected chi connectivity index (χ0v) is 15.8. The van der Waals surface area contributed by atoms with Crippen LogP contribution in [0.25, 0.3) is 11.1 Å². The smallest absolute Gasteiger partial charge is 0.406 e. The van der Waals surface area contributed by atoms with Crippen LogP contribution in [-0.2, 0) is 11.2 Å². The van der Waals surface area contributed by atoms with Crippen molar-refractivity contribution in [2.45, 2.75) is 45.0 Å². The number of nitrogens with two attached hydrogens (primary N) is 1. The van der Waals surface area contributed by atoms with Gasteiger partial charge in [-0.2, -0.15) is 0 Å². The Morgan fingerprint density at radius 1 is 1.07 bits per heavy atom. The lowest BCUT2D eigenvalue weighted by atomic mass is 10.0. The van der Waals surface area contributed by atoms with E-state index in [1.54, 1.807) is 12.1 Å². The van der Waals surface area contributed by atoms with Gasteiger partial charge in [0.05, 0.1) is 6.04 Å². The third-order valence-electron chi connectivity index (χ3n) is 4.29. The van der Waals surface area contributed by atoms with E-state index in [1.165, 1.54) is 12.1 Å². The molecule has 152 valence electrons. The van der Waals surface area contributed by atoms with E-state index in [2.05, 4.69) is 17.0 Å². The number of hydrogen-bond acceptors (Lipinski definition) is 3. The number of benzene rings is 2. The van der Waals surface area contributed by atoms with Crippen LogP contribution in [0.1, 0.15) is 31.7 Å². The maximum absolute atomic E-state index is 12.2. The molecule has 0 bridgehead atoms. The van der Waals surface area contributed by atoms with E-state index in [-0.39, 0.29) is 11.7 Å². The topological polar surface area (TPSA) is 64.4 Å². The first kappa shape index (κ1) is 21.8. The molecule has 3 N–H and O–H groups in total. The molecule has 1 amide bonds. The van der Waals surface area contributed by atoms with E-state index >= 15 is 0 Å². The summed E-state index contributed by atoms with van der Waals surface area (Å²) in [5.74, 6) is -0.382. The van der Waals surface area contributed by atoms with Gasteiger partial charge in [-0.3, -0.25) is 4.79 Å². The first-order valence-electron chi connectivity index (χ1n) is 9.27. The Morgan fingerprint density at radius 2 is 1.64 bits per heavy atom. The highest BCUT2D eigenvalue weighted by Gasteiger charge is 2.30. The summed E-state index contributed by atoms with van der Waals surface area (Å²) in [6, 6.07) is 12.9. The molecule has 0 heterocycles. The molecule has 1 unspecified atom stereocenters. The highest BCUT2D eigenvalue weighted by atomic mass is 19.4. The van der Waals surface area contributed by atoms with Crippen LogP contribution in [0.2, 0.25) is 0 Å². The zero-order valence-electron chi connectivity index (χ0n) is 15.8. The Morgan fingerprint density at radius 3 is 2.18 bits per heavy atom. The molecule has 0 aliphatic rings. The molecule has 0 aliphatic heterocycles. The average molecular weight is 394 g/mol. The molecule has 28 heavy (non-hydrogen) atoms. The number of carbonyl (C=O) groups excluding carboxylic acids is 1. The Balaban J connectivity index is 1.85. The van der Waals surface area contributed by atoms with E-state index in [0.29, 0.717) is 19.4 Å². The molecule has 2 aromatic rings. The number of rotatable bonds is 9. The molecule has 1 atom stereocenters. The van der Waals surface area contributed by atoms with Crippen LogP contribution < -0.4 is 15.8 Å². The lowest BCUT2D eigenvalue weighted by Gasteiger charge is -2.12. The van der Waals surface area contributed by atoms with Crippen LogP contribution in [-0.4, -0.2) is 24.9 Å². The quantitative estimate of drug-likeness (QED) is 0.661. The maximum Gasteiger partial charge on any atom is 0.573 e. The predicted octanol–water partition coefficient (Wildman–Crippen LogP) is 4.43. The fourth-order valence-corrected chi connectivity index (χ4v) is 2.73. The van der Waals surface area contributed by atoms with E-state index in [1.807, 2.05) is 24.3 Å². The summed E-state index contributed by atoms with van der Waals surface area (Å²) in [6.07, 6.45) is -1.40. The Kier molecular flexibility index (Phi) is 7.87. The number of unbranched alkanes of at least 4 members (excludes halogenated alkanes) is 1. The molecule has 0 aliphatic carbocycles. The van der Waals surface area contributed by atoms with Crippen LogP contribution in [0.15, 0.2) is 48.5 Å². The minimum Gasteiger partial charge on any atom is -0.406 e. The van der Waals surface area contributed by atoms with Gasteiger partial charge in [-0.05, 0) is 41.7 Å². The minimum absolute atomic E-state index is 0.133. The van der Waals surface area contributed by atoms with Crippen molar-refractivity contribution in [3.8, 4) is 16.9 Å². The molecule has 2 rings (SSSR count). The molecule has 0 saturated heterocycles. The molecule has 0 spiro atoms. The summed E-state index contributed by atoms with van der Waals surface area (Å²) in [4.78, 5) is 11.9. The molecule has 0 radical (unpaired) electrons. The van der Waals surface area contributed by atoms with E-state index in [0.717, 1.165) is 29.5 Å². The number of nitrogens with one attached hydrogen (secondary N) is 1. The molecular formula is C21H25F3N2O2. The van der Waals surface area contributed by atoms with Crippen LogP contribution in [0, 0.1) is 0 Å². The van der Waals surface area contributed by atoms with E-state index < -0.39 is 12.4 Å². The van der Waals surface area contributed by atoms with Crippen molar-refractivity contribution < 1.29 is 22.7 Å². The normalized spacial score (nSPS) is 12.5. The third-order valence-corrected chi connectivity index (χ3v) is 4.29. The maximum atomic E-state index is 12.2. The lowest BCUT2D eigenvalue weighted by Crippen LogP contribution is -2.41. The summed E-state index contributed by atoms with van der Waals surface area (Å²) in [6.45, 7) is 2.56. The second kappa shape index (κ2) is 10.1. The summed E-state index contributed by atoms with van der Waals surface area (Å²) >= 11 is 0. The first-order chi connectivity index (χ1) is 13.3. The van der Waals surface area contributed by atoms with Gasteiger partial charge in [0.15, 0.2) is 0 Å². The standard InChI is InChI=1S/C21H25F3N2O2/c1-2-3-4-19(25)20(27)26-14-13-15-5-7-16(8-6-15)17-9-11-18(12-10-17)28-21(22,23)24/h5-12,19H,2-4,13-14,25H2,1H3,(H,26,27). The Bertz CT molecular complexity index is 744. The van der Waals surface area contributed by atoms with Gasteiger partial charge in [0.1, 0.15) is 5.75 Å². The van der Waals surface area contributed by atoms with Crippen molar-refractivity contribution in [1.29, 1.82) is 0 Å². The van der Waals surface area contributed by atoms with Gasteiger partial charge in [-0.25, -0.2) is 0 Å². The van der Waals surface area contributed by atoms with Crippen molar-refractivity contribution in [1.82, 2.24) is 5.32 Å². The molecule has 0 aromatic heterocycles. The largest absolute Gasteiger partial charge is 0.573 e. The summed E-state index contributed by atoms with van der Waals surface area (Å²) in [5.41, 5.74) is 8.54. The molecular weight excluding hydrogens is 369 g/mol. The number of halogens is 3. The van der Waals surface area contributed by atoms with Crippen molar-refractivity contribution in [2.24, 2.45) is 5.73 Å². The van der Waals surface area contributed by atoms with Crippen LogP contribution >= 0.6 is 0 Å². The monoisotopic (exact) mass is 394 g/mol. The van der Waals surface area contributed by atoms with Gasteiger partial charge in [0.2, 0.25) is 5.91 Å². The van der Waals surface area contributed by atoms with E-state index in [4.69, 9.17) is 5.73 Å². The first-order valence-corrected chi connectivity index (χ1v) is 9.27. The van der Waals surface area contributed by atoms with Gasteiger partial charge >= 0.3 is 6.36 Å². The van der Waals surface area contributed by atoms with E-state index in [9.17, 15) is 18.0 Å². The van der Waals surface area contributed by atoms with Gasteiger partial charge in [-0.15, -0.1) is 13.2 Å². The molecule has 2 aromatic carbocycles. The second-order valence-corrected chi connectivity index (χ2v) is 6.56. The van der Waals surface area contributed by atoms with Crippen LogP contribution in [0.3, 0.4) is 0 Å². The number of amides is 1. The summed E-state index contributed by atoms with van der Waals surface area (Å²) < 4.78 is 40.5. The Hall–Kier alpha value is -2.54.